The molecule has 0 saturated carbocycles. The number of nitrogens with zero attached hydrogens (tertiary/aromatic N) is 1. The highest BCUT2D eigenvalue weighted by molar-refractivity contribution is 5.98. The van der Waals surface area contributed by atoms with E-state index in [9.17, 15) is 19.5 Å². The van der Waals surface area contributed by atoms with E-state index in [4.69, 9.17) is 0 Å². The molecule has 0 fully saturated rings. The van der Waals surface area contributed by atoms with Crippen LogP contribution in [-0.2, 0) is 22.4 Å². The van der Waals surface area contributed by atoms with Crippen LogP contribution in [0.15, 0.2) is 78.9 Å². The quantitative estimate of drug-likeness (QED) is 0.463. The number of hydrogen-bond acceptors (Lipinski definition) is 3. The maximum Gasteiger partial charge on any atom is 0.326 e. The molecule has 2 amide bonds. The van der Waals surface area contributed by atoms with Gasteiger partial charge in [0.25, 0.3) is 5.91 Å². The van der Waals surface area contributed by atoms with Crippen molar-refractivity contribution in [2.75, 3.05) is 7.05 Å². The molecule has 0 radical (unpaired) electrons. The number of rotatable bonds is 10. The first-order chi connectivity index (χ1) is 16.7. The van der Waals surface area contributed by atoms with Crippen molar-refractivity contribution in [3.8, 4) is 0 Å². The maximum absolute atomic E-state index is 13.4. The fourth-order valence-corrected chi connectivity index (χ4v) is 4.17. The largest absolute Gasteiger partial charge is 0.480 e. The average molecular weight is 473 g/mol. The van der Waals surface area contributed by atoms with Crippen molar-refractivity contribution in [3.05, 3.63) is 107 Å². The highest BCUT2D eigenvalue weighted by atomic mass is 16.4. The van der Waals surface area contributed by atoms with Crippen molar-refractivity contribution in [2.45, 2.75) is 45.2 Å². The summed E-state index contributed by atoms with van der Waals surface area (Å²) in [6.45, 7) is 3.84. The Bertz CT molecular complexity index is 1140. The number of carbonyl (C=O) groups excluding carboxylic acids is 2. The highest BCUT2D eigenvalue weighted by Gasteiger charge is 2.31. The first-order valence-electron chi connectivity index (χ1n) is 11.7. The molecule has 0 aromatic heterocycles. The molecule has 0 aliphatic carbocycles. The fraction of sp³-hybridized carbons (Fsp3) is 0.276. The second-order valence-electron chi connectivity index (χ2n) is 8.92. The first kappa shape index (κ1) is 25.7. The second kappa shape index (κ2) is 12.0. The molecule has 0 aliphatic rings. The van der Waals surface area contributed by atoms with Crippen LogP contribution < -0.4 is 5.32 Å². The van der Waals surface area contributed by atoms with Crippen LogP contribution in [0.25, 0.3) is 0 Å². The summed E-state index contributed by atoms with van der Waals surface area (Å²) in [4.78, 5) is 40.1. The Balaban J connectivity index is 1.82. The number of hydrogen-bond donors (Lipinski definition) is 2. The minimum atomic E-state index is -1.10. The molecule has 3 rings (SSSR count). The Morgan fingerprint density at radius 2 is 1.40 bits per heavy atom. The molecule has 6 heteroatoms. The van der Waals surface area contributed by atoms with Gasteiger partial charge in [0.1, 0.15) is 12.1 Å². The van der Waals surface area contributed by atoms with Gasteiger partial charge in [-0.25, -0.2) is 4.79 Å². The summed E-state index contributed by atoms with van der Waals surface area (Å²) in [5.41, 5.74) is 4.28. The van der Waals surface area contributed by atoms with E-state index in [1.807, 2.05) is 80.6 Å². The molecule has 6 nitrogen and oxygen atoms in total. The zero-order valence-corrected chi connectivity index (χ0v) is 20.4. The third kappa shape index (κ3) is 7.27. The van der Waals surface area contributed by atoms with Crippen molar-refractivity contribution >= 4 is 17.8 Å². The van der Waals surface area contributed by atoms with Crippen LogP contribution in [-0.4, -0.2) is 46.9 Å². The van der Waals surface area contributed by atoms with Gasteiger partial charge < -0.3 is 15.3 Å². The number of nitrogens with one attached hydrogen (secondary N) is 1. The smallest absolute Gasteiger partial charge is 0.326 e. The standard InChI is InChI=1S/C29H32N2O4/c1-20-16-21(2)18-24(17-20)28(33)31(3)26(19-23-12-8-5-9-13-23)27(32)30-25(29(34)35)15-14-22-10-6-4-7-11-22/h4-13,16-18,25-26H,14-15,19H2,1-3H3,(H,30,32)(H,34,35)/t25-,26+/m0/s1. The van der Waals surface area contributed by atoms with Gasteiger partial charge in [-0.1, -0.05) is 77.9 Å². The van der Waals surface area contributed by atoms with E-state index >= 15 is 0 Å². The van der Waals surface area contributed by atoms with Gasteiger partial charge in [-0.05, 0) is 49.9 Å². The average Bonchev–Trinajstić information content (AvgIpc) is 2.84. The Hall–Kier alpha value is -3.93. The first-order valence-corrected chi connectivity index (χ1v) is 11.7. The molecule has 0 heterocycles. The lowest BCUT2D eigenvalue weighted by molar-refractivity contribution is -0.142. The SMILES string of the molecule is Cc1cc(C)cc(C(=O)N(C)[C@H](Cc2ccccc2)C(=O)N[C@@H](CCc2ccccc2)C(=O)O)c1. The molecule has 0 bridgehead atoms. The molecule has 0 unspecified atom stereocenters. The van der Waals surface area contributed by atoms with Crippen LogP contribution in [0.2, 0.25) is 0 Å². The molecule has 35 heavy (non-hydrogen) atoms. The lowest BCUT2D eigenvalue weighted by Gasteiger charge is -2.29. The fourth-order valence-electron chi connectivity index (χ4n) is 4.17. The van der Waals surface area contributed by atoms with Gasteiger partial charge in [-0.2, -0.15) is 0 Å². The van der Waals surface area contributed by atoms with Crippen LogP contribution in [0.4, 0.5) is 0 Å². The van der Waals surface area contributed by atoms with Gasteiger partial charge >= 0.3 is 5.97 Å². The second-order valence-corrected chi connectivity index (χ2v) is 8.92. The lowest BCUT2D eigenvalue weighted by atomic mass is 10.0. The van der Waals surface area contributed by atoms with E-state index < -0.39 is 24.0 Å². The third-order valence-electron chi connectivity index (χ3n) is 6.01. The van der Waals surface area contributed by atoms with Gasteiger partial charge in [0.15, 0.2) is 0 Å². The van der Waals surface area contributed by atoms with Gasteiger partial charge in [0.05, 0.1) is 0 Å². The molecular weight excluding hydrogens is 440 g/mol. The minimum absolute atomic E-state index is 0.248. The number of carboxylic acid groups (broad SMARTS) is 1. The Morgan fingerprint density at radius 3 is 1.94 bits per heavy atom. The molecule has 0 saturated heterocycles. The predicted octanol–water partition coefficient (Wildman–Crippen LogP) is 4.19. The van der Waals surface area contributed by atoms with E-state index in [0.29, 0.717) is 12.0 Å². The van der Waals surface area contributed by atoms with Crippen molar-refractivity contribution in [1.29, 1.82) is 0 Å². The monoisotopic (exact) mass is 472 g/mol. The zero-order chi connectivity index (χ0) is 25.4. The molecule has 3 aromatic carbocycles. The number of likely N-dealkylation sites (N-methyl/N-ethyl adjacent to an activating group) is 1. The summed E-state index contributed by atoms with van der Waals surface area (Å²) in [6, 6.07) is 22.6. The molecular formula is C29H32N2O4. The van der Waals surface area contributed by atoms with Gasteiger partial charge in [0.2, 0.25) is 5.91 Å². The molecule has 2 atom stereocenters. The Labute approximate surface area is 206 Å². The van der Waals surface area contributed by atoms with Crippen molar-refractivity contribution in [3.63, 3.8) is 0 Å². The van der Waals surface area contributed by atoms with Crippen LogP contribution in [0.5, 0.6) is 0 Å². The maximum atomic E-state index is 13.4. The number of benzene rings is 3. The highest BCUT2D eigenvalue weighted by Crippen LogP contribution is 2.16. The van der Waals surface area contributed by atoms with Crippen LogP contribution in [0, 0.1) is 13.8 Å². The van der Waals surface area contributed by atoms with E-state index in [-0.39, 0.29) is 18.7 Å². The van der Waals surface area contributed by atoms with Crippen molar-refractivity contribution < 1.29 is 19.5 Å². The zero-order valence-electron chi connectivity index (χ0n) is 20.4. The van der Waals surface area contributed by atoms with E-state index in [2.05, 4.69) is 5.32 Å². The van der Waals surface area contributed by atoms with E-state index in [1.54, 1.807) is 19.2 Å². The topological polar surface area (TPSA) is 86.7 Å². The lowest BCUT2D eigenvalue weighted by Crippen LogP contribution is -2.53. The number of carbonyl (C=O) groups is 3. The summed E-state index contributed by atoms with van der Waals surface area (Å²) >= 11 is 0. The molecule has 0 spiro atoms. The number of carboxylic acids is 1. The molecule has 3 aromatic rings. The van der Waals surface area contributed by atoms with E-state index in [1.165, 1.54) is 4.90 Å². The number of aryl methyl sites for hydroxylation is 3. The van der Waals surface area contributed by atoms with Crippen molar-refractivity contribution in [1.82, 2.24) is 10.2 Å². The number of amides is 2. The van der Waals surface area contributed by atoms with Crippen LogP contribution >= 0.6 is 0 Å². The molecule has 0 aliphatic heterocycles. The van der Waals surface area contributed by atoms with Crippen LogP contribution in [0.3, 0.4) is 0 Å². The molecule has 2 N–H and O–H groups in total. The van der Waals surface area contributed by atoms with Gasteiger partial charge in [-0.3, -0.25) is 9.59 Å². The summed E-state index contributed by atoms with van der Waals surface area (Å²) in [6.07, 6.45) is 1.03. The molecule has 182 valence electrons. The Kier molecular flexibility index (Phi) is 8.79. The number of aliphatic carboxylic acids is 1. The summed E-state index contributed by atoms with van der Waals surface area (Å²) in [5, 5.41) is 12.4. The summed E-state index contributed by atoms with van der Waals surface area (Å²) < 4.78 is 0. The Morgan fingerprint density at radius 1 is 0.857 bits per heavy atom. The summed E-state index contributed by atoms with van der Waals surface area (Å²) in [5.74, 6) is -1.88. The van der Waals surface area contributed by atoms with Crippen molar-refractivity contribution in [2.24, 2.45) is 0 Å². The van der Waals surface area contributed by atoms with Gasteiger partial charge in [0, 0.05) is 19.0 Å². The van der Waals surface area contributed by atoms with E-state index in [0.717, 1.165) is 22.3 Å². The predicted molar refractivity (Wildman–Crippen MR) is 136 cm³/mol. The third-order valence-corrected chi connectivity index (χ3v) is 6.01. The normalized spacial score (nSPS) is 12.4. The summed E-state index contributed by atoms with van der Waals surface area (Å²) in [7, 11) is 1.59. The minimum Gasteiger partial charge on any atom is -0.480 e. The van der Waals surface area contributed by atoms with Gasteiger partial charge in [-0.15, -0.1) is 0 Å². The van der Waals surface area contributed by atoms with Crippen LogP contribution in [0.1, 0.15) is 39.0 Å².